The van der Waals surface area contributed by atoms with Gasteiger partial charge in [-0.15, -0.1) is 0 Å². The van der Waals surface area contributed by atoms with Crippen LogP contribution >= 0.6 is 0 Å². The van der Waals surface area contributed by atoms with Crippen molar-refractivity contribution in [2.75, 3.05) is 0 Å². The van der Waals surface area contributed by atoms with Gasteiger partial charge in [0.15, 0.2) is 0 Å². The van der Waals surface area contributed by atoms with E-state index in [0.717, 1.165) is 0 Å². The van der Waals surface area contributed by atoms with Crippen molar-refractivity contribution in [3.05, 3.63) is 10.4 Å². The standard InChI is InChI=1S/C7H13N5O3Se2/c1-3(5(9)6(13)11-12-10)17-16-2-4(8)7(14)15/h3-5H,2,8-9H2,1H3,(H,14,15)/t3?,4-,5-/m0/s1. The molecule has 0 aliphatic rings. The number of nitrogens with zero attached hydrogens (tertiary/aromatic N) is 3. The number of aliphatic carboxylic acids is 1. The summed E-state index contributed by atoms with van der Waals surface area (Å²) in [6, 6.07) is -1.66. The van der Waals surface area contributed by atoms with Crippen LogP contribution in [0.1, 0.15) is 6.92 Å². The second kappa shape index (κ2) is 8.49. The first kappa shape index (κ1) is 16.4. The molecule has 1 unspecified atom stereocenters. The molecular weight excluding hydrogens is 360 g/mol. The van der Waals surface area contributed by atoms with E-state index in [0.29, 0.717) is 5.32 Å². The average molecular weight is 373 g/mol. The van der Waals surface area contributed by atoms with Crippen LogP contribution in [0.4, 0.5) is 0 Å². The average Bonchev–Trinajstić information content (AvgIpc) is 2.27. The Morgan fingerprint density at radius 1 is 1.53 bits per heavy atom. The molecule has 5 N–H and O–H groups in total. The zero-order valence-electron chi connectivity index (χ0n) is 9.02. The fraction of sp³-hybridized carbons (Fsp3) is 0.714. The SMILES string of the molecule is CC([Se][Se]C[C@H](N)C(=O)O)[C@H](N)C(=O)N=[N+]=[N-]. The monoisotopic (exact) mass is 375 g/mol. The van der Waals surface area contributed by atoms with Crippen molar-refractivity contribution in [2.45, 2.75) is 29.1 Å². The van der Waals surface area contributed by atoms with Crippen LogP contribution in [0.2, 0.25) is 10.1 Å². The summed E-state index contributed by atoms with van der Waals surface area (Å²) in [4.78, 5) is 23.9. The Hall–Kier alpha value is -0.591. The molecule has 0 fully saturated rings. The summed E-state index contributed by atoms with van der Waals surface area (Å²) in [5.74, 6) is -1.70. The third-order valence-electron chi connectivity index (χ3n) is 1.72. The van der Waals surface area contributed by atoms with Crippen LogP contribution in [0.5, 0.6) is 0 Å². The van der Waals surface area contributed by atoms with E-state index in [2.05, 4.69) is 10.0 Å². The van der Waals surface area contributed by atoms with Gasteiger partial charge in [0.2, 0.25) is 0 Å². The van der Waals surface area contributed by atoms with Gasteiger partial charge in [0.05, 0.1) is 0 Å². The molecule has 0 saturated carbocycles. The van der Waals surface area contributed by atoms with Crippen molar-refractivity contribution in [2.24, 2.45) is 16.6 Å². The first-order chi connectivity index (χ1) is 7.90. The number of hydrogen-bond donors (Lipinski definition) is 3. The molecule has 0 saturated heterocycles. The van der Waals surface area contributed by atoms with Gasteiger partial charge in [-0.05, 0) is 0 Å². The van der Waals surface area contributed by atoms with Gasteiger partial charge in [-0.1, -0.05) is 0 Å². The predicted octanol–water partition coefficient (Wildman–Crippen LogP) is -0.887. The quantitative estimate of drug-likeness (QED) is 0.229. The van der Waals surface area contributed by atoms with E-state index in [1.54, 1.807) is 6.92 Å². The zero-order valence-corrected chi connectivity index (χ0v) is 12.4. The predicted molar refractivity (Wildman–Crippen MR) is 63.5 cm³/mol. The summed E-state index contributed by atoms with van der Waals surface area (Å²) >= 11 is 0.0958. The van der Waals surface area contributed by atoms with E-state index in [1.165, 1.54) is 0 Å². The van der Waals surface area contributed by atoms with Crippen LogP contribution in [0.25, 0.3) is 10.4 Å². The molecule has 1 amide bonds. The first-order valence-electron chi connectivity index (χ1n) is 4.51. The third kappa shape index (κ3) is 6.65. The van der Waals surface area contributed by atoms with Gasteiger partial charge in [-0.3, -0.25) is 0 Å². The molecule has 0 heterocycles. The molecule has 96 valence electrons. The molecule has 0 aromatic carbocycles. The van der Waals surface area contributed by atoms with Gasteiger partial charge in [-0.2, -0.15) is 0 Å². The van der Waals surface area contributed by atoms with Crippen LogP contribution in [-0.2, 0) is 9.59 Å². The van der Waals surface area contributed by atoms with Crippen LogP contribution < -0.4 is 11.5 Å². The second-order valence-electron chi connectivity index (χ2n) is 3.08. The van der Waals surface area contributed by atoms with Gasteiger partial charge >= 0.3 is 109 Å². The number of carboxylic acid groups (broad SMARTS) is 1. The van der Waals surface area contributed by atoms with E-state index >= 15 is 0 Å². The Labute approximate surface area is 109 Å². The molecule has 8 nitrogen and oxygen atoms in total. The Morgan fingerprint density at radius 2 is 2.12 bits per heavy atom. The fourth-order valence-corrected chi connectivity index (χ4v) is 8.48. The van der Waals surface area contributed by atoms with Crippen molar-refractivity contribution < 1.29 is 14.7 Å². The molecule has 0 aromatic rings. The fourth-order valence-electron chi connectivity index (χ4n) is 0.663. The number of rotatable bonds is 7. The molecule has 17 heavy (non-hydrogen) atoms. The van der Waals surface area contributed by atoms with E-state index < -0.39 is 24.0 Å². The van der Waals surface area contributed by atoms with Crippen LogP contribution in [0, 0.1) is 0 Å². The molecule has 0 bridgehead atoms. The number of nitrogens with two attached hydrogens (primary N) is 2. The van der Waals surface area contributed by atoms with Gasteiger partial charge in [0.1, 0.15) is 0 Å². The third-order valence-corrected chi connectivity index (χ3v) is 10.6. The molecule has 0 aliphatic carbocycles. The summed E-state index contributed by atoms with van der Waals surface area (Å²) in [5, 5.41) is 11.9. The first-order valence-corrected chi connectivity index (χ1v) is 11.0. The molecule has 0 aromatic heterocycles. The molecule has 0 radical (unpaired) electrons. The van der Waals surface area contributed by atoms with Crippen molar-refractivity contribution in [1.82, 2.24) is 0 Å². The summed E-state index contributed by atoms with van der Waals surface area (Å²) in [7, 11) is 0. The molecule has 10 heteroatoms. The Morgan fingerprint density at radius 3 is 2.59 bits per heavy atom. The Kier molecular flexibility index (Phi) is 8.20. The number of amides is 1. The van der Waals surface area contributed by atoms with Gasteiger partial charge in [-0.25, -0.2) is 0 Å². The van der Waals surface area contributed by atoms with Crippen molar-refractivity contribution in [3.8, 4) is 0 Å². The maximum absolute atomic E-state index is 11.1. The normalized spacial score (nSPS) is 15.5. The number of carboxylic acids is 1. The van der Waals surface area contributed by atoms with Crippen molar-refractivity contribution in [1.29, 1.82) is 0 Å². The number of azide groups is 1. The topological polar surface area (TPSA) is 155 Å². The van der Waals surface area contributed by atoms with E-state index in [-0.39, 0.29) is 31.1 Å². The van der Waals surface area contributed by atoms with Crippen LogP contribution in [-0.4, -0.2) is 55.3 Å². The molecule has 0 aliphatic heterocycles. The Bertz CT molecular complexity index is 333. The minimum absolute atomic E-state index is 0.0418. The second-order valence-corrected chi connectivity index (χ2v) is 10.9. The molecule has 0 rings (SSSR count). The zero-order chi connectivity index (χ0) is 13.4. The summed E-state index contributed by atoms with van der Waals surface area (Å²) < 4.78 is 0. The summed E-state index contributed by atoms with van der Waals surface area (Å²) in [5.41, 5.74) is 19.0. The summed E-state index contributed by atoms with van der Waals surface area (Å²) in [6.45, 7) is 1.78. The van der Waals surface area contributed by atoms with Crippen molar-refractivity contribution >= 4 is 38.1 Å². The Balaban J connectivity index is 4.01. The van der Waals surface area contributed by atoms with E-state index in [9.17, 15) is 9.59 Å². The van der Waals surface area contributed by atoms with Crippen molar-refractivity contribution in [3.63, 3.8) is 0 Å². The summed E-state index contributed by atoms with van der Waals surface area (Å²) in [6.07, 6.45) is 0. The number of carbonyl (C=O) groups is 2. The maximum atomic E-state index is 11.1. The van der Waals surface area contributed by atoms with Gasteiger partial charge in [0.25, 0.3) is 0 Å². The van der Waals surface area contributed by atoms with Gasteiger partial charge < -0.3 is 0 Å². The molecule has 0 spiro atoms. The molecular formula is C7H13N5O3Se2. The van der Waals surface area contributed by atoms with E-state index in [1.807, 2.05) is 0 Å². The minimum atomic E-state index is -1.02. The number of carbonyl (C=O) groups excluding carboxylic acids is 1. The van der Waals surface area contributed by atoms with Gasteiger partial charge in [0, 0.05) is 0 Å². The van der Waals surface area contributed by atoms with Crippen LogP contribution in [0.15, 0.2) is 5.11 Å². The van der Waals surface area contributed by atoms with E-state index in [4.69, 9.17) is 22.1 Å². The number of hydrogen-bond acceptors (Lipinski definition) is 4. The molecule has 3 atom stereocenters. The van der Waals surface area contributed by atoms with Crippen LogP contribution in [0.3, 0.4) is 0 Å².